The van der Waals surface area contributed by atoms with Crippen molar-refractivity contribution < 1.29 is 4.79 Å². The van der Waals surface area contributed by atoms with Crippen LogP contribution in [0.15, 0.2) is 48.5 Å². The number of carbonyl (C=O) groups is 1. The van der Waals surface area contributed by atoms with Crippen LogP contribution < -0.4 is 5.32 Å². The highest BCUT2D eigenvalue weighted by Crippen LogP contribution is 2.18. The summed E-state index contributed by atoms with van der Waals surface area (Å²) in [6.07, 6.45) is 2.29. The molecule has 0 aliphatic rings. The maximum Gasteiger partial charge on any atom is 0.219 e. The van der Waals surface area contributed by atoms with E-state index in [1.54, 1.807) is 0 Å². The van der Waals surface area contributed by atoms with Gasteiger partial charge in [0, 0.05) is 23.0 Å². The van der Waals surface area contributed by atoms with Gasteiger partial charge in [-0.2, -0.15) is 0 Å². The Bertz CT molecular complexity index is 575. The van der Waals surface area contributed by atoms with Crippen molar-refractivity contribution in [3.63, 3.8) is 0 Å². The van der Waals surface area contributed by atoms with Crippen molar-refractivity contribution in [2.24, 2.45) is 5.92 Å². The van der Waals surface area contributed by atoms with Crippen LogP contribution in [0.3, 0.4) is 0 Å². The minimum absolute atomic E-state index is 0.0854. The second-order valence-corrected chi connectivity index (χ2v) is 6.56. The molecular weight excluding hydrogens is 329 g/mol. The van der Waals surface area contributed by atoms with E-state index in [4.69, 9.17) is 23.2 Å². The number of hydrogen-bond donors (Lipinski definition) is 1. The summed E-state index contributed by atoms with van der Waals surface area (Å²) >= 11 is 11.9. The van der Waals surface area contributed by atoms with E-state index in [0.29, 0.717) is 18.9 Å². The maximum atomic E-state index is 11.6. The molecule has 0 aliphatic carbocycles. The Labute approximate surface area is 147 Å². The van der Waals surface area contributed by atoms with Gasteiger partial charge in [-0.25, -0.2) is 0 Å². The standard InChI is InChI=1S/C19H21Cl2NO/c1-2-19(23)22-13-16(11-14-3-7-17(20)8-4-14)12-15-5-9-18(21)10-6-15/h3-10,16H,2,11-13H2,1H3,(H,22,23). The van der Waals surface area contributed by atoms with Crippen molar-refractivity contribution in [2.75, 3.05) is 6.54 Å². The number of rotatable bonds is 7. The van der Waals surface area contributed by atoms with Gasteiger partial charge in [-0.05, 0) is 54.2 Å². The average molecular weight is 350 g/mol. The molecular formula is C19H21Cl2NO. The highest BCUT2D eigenvalue weighted by molar-refractivity contribution is 6.30. The lowest BCUT2D eigenvalue weighted by atomic mass is 9.92. The summed E-state index contributed by atoms with van der Waals surface area (Å²) in [4.78, 5) is 11.6. The third-order valence-electron chi connectivity index (χ3n) is 3.78. The van der Waals surface area contributed by atoms with Crippen molar-refractivity contribution in [1.29, 1.82) is 0 Å². The molecule has 0 atom stereocenters. The first-order chi connectivity index (χ1) is 11.1. The number of amides is 1. The van der Waals surface area contributed by atoms with Crippen LogP contribution >= 0.6 is 23.2 Å². The van der Waals surface area contributed by atoms with E-state index in [1.807, 2.05) is 55.5 Å². The normalized spacial score (nSPS) is 10.8. The van der Waals surface area contributed by atoms with Gasteiger partial charge in [-0.15, -0.1) is 0 Å². The zero-order valence-corrected chi connectivity index (χ0v) is 14.7. The van der Waals surface area contributed by atoms with Gasteiger partial charge < -0.3 is 5.32 Å². The molecule has 0 radical (unpaired) electrons. The molecule has 0 bridgehead atoms. The first-order valence-electron chi connectivity index (χ1n) is 7.82. The van der Waals surface area contributed by atoms with Gasteiger partial charge in [0.05, 0.1) is 0 Å². The molecule has 0 unspecified atom stereocenters. The van der Waals surface area contributed by atoms with Crippen LogP contribution in [0.4, 0.5) is 0 Å². The van der Waals surface area contributed by atoms with E-state index in [1.165, 1.54) is 11.1 Å². The number of hydrogen-bond acceptors (Lipinski definition) is 1. The Morgan fingerprint density at radius 3 is 1.74 bits per heavy atom. The maximum absolute atomic E-state index is 11.6. The molecule has 0 aliphatic heterocycles. The van der Waals surface area contributed by atoms with Crippen molar-refractivity contribution in [3.05, 3.63) is 69.7 Å². The Morgan fingerprint density at radius 1 is 0.913 bits per heavy atom. The first-order valence-corrected chi connectivity index (χ1v) is 8.58. The molecule has 0 aromatic heterocycles. The molecule has 0 fully saturated rings. The van der Waals surface area contributed by atoms with E-state index in [2.05, 4.69) is 5.32 Å². The Kier molecular flexibility index (Phi) is 6.94. The molecule has 2 aromatic rings. The number of nitrogens with one attached hydrogen (secondary N) is 1. The van der Waals surface area contributed by atoms with Gasteiger partial charge in [-0.1, -0.05) is 54.4 Å². The first kappa shape index (κ1) is 17.8. The second kappa shape index (κ2) is 8.95. The largest absolute Gasteiger partial charge is 0.356 e. The zero-order chi connectivity index (χ0) is 16.7. The van der Waals surface area contributed by atoms with Gasteiger partial charge in [0.15, 0.2) is 0 Å². The fourth-order valence-electron chi connectivity index (χ4n) is 2.51. The van der Waals surface area contributed by atoms with Gasteiger partial charge in [0.1, 0.15) is 0 Å². The second-order valence-electron chi connectivity index (χ2n) is 5.68. The van der Waals surface area contributed by atoms with Crippen LogP contribution in [0.1, 0.15) is 24.5 Å². The highest BCUT2D eigenvalue weighted by atomic mass is 35.5. The summed E-state index contributed by atoms with van der Waals surface area (Å²) in [5.74, 6) is 0.412. The van der Waals surface area contributed by atoms with Gasteiger partial charge in [0.25, 0.3) is 0 Å². The van der Waals surface area contributed by atoms with Crippen LogP contribution in [0, 0.1) is 5.92 Å². The summed E-state index contributed by atoms with van der Waals surface area (Å²) < 4.78 is 0. The predicted octanol–water partition coefficient (Wildman–Crippen LogP) is 4.92. The van der Waals surface area contributed by atoms with Crippen molar-refractivity contribution in [1.82, 2.24) is 5.32 Å². The van der Waals surface area contributed by atoms with Crippen LogP contribution in [0.5, 0.6) is 0 Å². The Balaban J connectivity index is 2.05. The lowest BCUT2D eigenvalue weighted by Gasteiger charge is -2.18. The molecule has 4 heteroatoms. The van der Waals surface area contributed by atoms with Gasteiger partial charge in [0.2, 0.25) is 5.91 Å². The average Bonchev–Trinajstić information content (AvgIpc) is 2.56. The summed E-state index contributed by atoms with van der Waals surface area (Å²) in [5.41, 5.74) is 2.44. The molecule has 2 aromatic carbocycles. The molecule has 1 N–H and O–H groups in total. The molecule has 2 nitrogen and oxygen atoms in total. The quantitative estimate of drug-likeness (QED) is 0.754. The summed E-state index contributed by atoms with van der Waals surface area (Å²) in [5, 5.41) is 4.48. The van der Waals surface area contributed by atoms with E-state index in [-0.39, 0.29) is 5.91 Å². The van der Waals surface area contributed by atoms with Crippen molar-refractivity contribution >= 4 is 29.1 Å². The van der Waals surface area contributed by atoms with E-state index in [9.17, 15) is 4.79 Å². The third kappa shape index (κ3) is 6.25. The molecule has 122 valence electrons. The molecule has 1 amide bonds. The fourth-order valence-corrected chi connectivity index (χ4v) is 2.76. The van der Waals surface area contributed by atoms with Crippen LogP contribution in [0.2, 0.25) is 10.0 Å². The lowest BCUT2D eigenvalue weighted by Crippen LogP contribution is -2.30. The Morgan fingerprint density at radius 2 is 1.35 bits per heavy atom. The SMILES string of the molecule is CCC(=O)NCC(Cc1ccc(Cl)cc1)Cc1ccc(Cl)cc1. The topological polar surface area (TPSA) is 29.1 Å². The van der Waals surface area contributed by atoms with Crippen molar-refractivity contribution in [3.8, 4) is 0 Å². The van der Waals surface area contributed by atoms with Crippen LogP contribution in [0.25, 0.3) is 0 Å². The smallest absolute Gasteiger partial charge is 0.219 e. The molecule has 0 heterocycles. The minimum Gasteiger partial charge on any atom is -0.356 e. The summed E-state index contributed by atoms with van der Waals surface area (Å²) in [6, 6.07) is 15.8. The highest BCUT2D eigenvalue weighted by Gasteiger charge is 2.12. The van der Waals surface area contributed by atoms with E-state index < -0.39 is 0 Å². The van der Waals surface area contributed by atoms with Gasteiger partial charge >= 0.3 is 0 Å². The van der Waals surface area contributed by atoms with Crippen LogP contribution in [-0.2, 0) is 17.6 Å². The lowest BCUT2D eigenvalue weighted by molar-refractivity contribution is -0.120. The molecule has 0 saturated heterocycles. The van der Waals surface area contributed by atoms with Gasteiger partial charge in [-0.3, -0.25) is 4.79 Å². The number of benzene rings is 2. The number of carbonyl (C=O) groups excluding carboxylic acids is 1. The van der Waals surface area contributed by atoms with Crippen LogP contribution in [-0.4, -0.2) is 12.5 Å². The monoisotopic (exact) mass is 349 g/mol. The molecule has 0 spiro atoms. The predicted molar refractivity (Wildman–Crippen MR) is 97.1 cm³/mol. The molecule has 2 rings (SSSR count). The Hall–Kier alpha value is -1.51. The fraction of sp³-hybridized carbons (Fsp3) is 0.316. The third-order valence-corrected chi connectivity index (χ3v) is 4.29. The van der Waals surface area contributed by atoms with Crippen molar-refractivity contribution in [2.45, 2.75) is 26.2 Å². The minimum atomic E-state index is 0.0854. The molecule has 23 heavy (non-hydrogen) atoms. The summed E-state index contributed by atoms with van der Waals surface area (Å²) in [6.45, 7) is 2.53. The summed E-state index contributed by atoms with van der Waals surface area (Å²) in [7, 11) is 0. The van der Waals surface area contributed by atoms with E-state index in [0.717, 1.165) is 22.9 Å². The number of halogens is 2. The molecule has 0 saturated carbocycles. The zero-order valence-electron chi connectivity index (χ0n) is 13.2. The van der Waals surface area contributed by atoms with E-state index >= 15 is 0 Å².